The van der Waals surface area contributed by atoms with Crippen LogP contribution in [0.5, 0.6) is 17.4 Å². The number of anilines is 1. The minimum atomic E-state index is -4.48. The Labute approximate surface area is 281 Å². The molecule has 49 heavy (non-hydrogen) atoms. The molecule has 0 aliphatic carbocycles. The number of alkyl halides is 3. The number of methoxy groups -OCH3 is 1. The second kappa shape index (κ2) is 14.2. The molecule has 5 aromatic rings. The predicted molar refractivity (Wildman–Crippen MR) is 181 cm³/mol. The van der Waals surface area contributed by atoms with Gasteiger partial charge in [-0.3, -0.25) is 14.5 Å². The Morgan fingerprint density at radius 3 is 2.39 bits per heavy atom. The van der Waals surface area contributed by atoms with E-state index >= 15 is 0 Å². The molecule has 0 spiro atoms. The van der Waals surface area contributed by atoms with E-state index in [0.29, 0.717) is 30.2 Å². The van der Waals surface area contributed by atoms with E-state index in [1.165, 1.54) is 6.20 Å². The Morgan fingerprint density at radius 2 is 1.69 bits per heavy atom. The fourth-order valence-corrected chi connectivity index (χ4v) is 5.67. The summed E-state index contributed by atoms with van der Waals surface area (Å²) in [4.78, 5) is 34.5. The number of nitrogens with zero attached hydrogens (tertiary/aromatic N) is 4. The molecule has 1 aliphatic heterocycles. The fraction of sp³-hybridized carbons (Fsp3) is 0.216. The minimum absolute atomic E-state index is 0.0269. The molecule has 2 aromatic heterocycles. The van der Waals surface area contributed by atoms with Crippen molar-refractivity contribution >= 4 is 34.5 Å². The van der Waals surface area contributed by atoms with E-state index in [0.717, 1.165) is 66.1 Å². The maximum atomic E-state index is 13.5. The van der Waals surface area contributed by atoms with Crippen LogP contribution in [0.2, 0.25) is 0 Å². The van der Waals surface area contributed by atoms with Crippen molar-refractivity contribution in [3.63, 3.8) is 0 Å². The van der Waals surface area contributed by atoms with Gasteiger partial charge in [0, 0.05) is 67.9 Å². The van der Waals surface area contributed by atoms with Gasteiger partial charge in [-0.05, 0) is 60.7 Å². The number of carbonyl (C=O) groups excluding carboxylic acids is 2. The monoisotopic (exact) mass is 669 g/mol. The number of hydrogen-bond acceptors (Lipinski definition) is 6. The van der Waals surface area contributed by atoms with Gasteiger partial charge in [0.25, 0.3) is 11.8 Å². The summed E-state index contributed by atoms with van der Waals surface area (Å²) in [5.41, 5.74) is 2.10. The number of piperazine rings is 1. The number of para-hydroxylation sites is 1. The average molecular weight is 670 g/mol. The van der Waals surface area contributed by atoms with Crippen LogP contribution in [-0.4, -0.2) is 71.0 Å². The van der Waals surface area contributed by atoms with E-state index in [2.05, 4.69) is 27.4 Å². The molecule has 12 heteroatoms. The SMILES string of the molecule is COc1ccccc1/C=C/CN1CCN(C(=O)c2cc3cc(Oc4ccc(NC(=O)c5ccc(C(F)(F)F)cc5)cn4)ccc3n2C)CC1. The Bertz CT molecular complexity index is 1980. The number of aromatic nitrogens is 2. The molecular weight excluding hydrogens is 635 g/mol. The number of aryl methyl sites for hydroxylation is 1. The van der Waals surface area contributed by atoms with E-state index in [9.17, 15) is 22.8 Å². The number of fused-ring (bicyclic) bond motifs is 1. The lowest BCUT2D eigenvalue weighted by Crippen LogP contribution is -2.48. The van der Waals surface area contributed by atoms with Gasteiger partial charge in [-0.25, -0.2) is 4.98 Å². The zero-order valence-electron chi connectivity index (χ0n) is 26.9. The molecular formula is C37H34F3N5O4. The molecule has 0 atom stereocenters. The molecule has 6 rings (SSSR count). The largest absolute Gasteiger partial charge is 0.496 e. The molecule has 1 saturated heterocycles. The zero-order valence-corrected chi connectivity index (χ0v) is 26.9. The summed E-state index contributed by atoms with van der Waals surface area (Å²) < 4.78 is 51.7. The van der Waals surface area contributed by atoms with Crippen LogP contribution < -0.4 is 14.8 Å². The second-order valence-corrected chi connectivity index (χ2v) is 11.6. The van der Waals surface area contributed by atoms with Gasteiger partial charge in [0.05, 0.1) is 24.6 Å². The summed E-state index contributed by atoms with van der Waals surface area (Å²) >= 11 is 0. The topological polar surface area (TPSA) is 88.9 Å². The normalized spacial score (nSPS) is 13.9. The van der Waals surface area contributed by atoms with Crippen molar-refractivity contribution in [3.05, 3.63) is 120 Å². The number of benzene rings is 3. The number of ether oxygens (including phenoxy) is 2. The van der Waals surface area contributed by atoms with Gasteiger partial charge in [-0.2, -0.15) is 13.2 Å². The third-order valence-corrected chi connectivity index (χ3v) is 8.38. The molecule has 0 radical (unpaired) electrons. The third-order valence-electron chi connectivity index (χ3n) is 8.38. The van der Waals surface area contributed by atoms with Crippen molar-refractivity contribution in [1.29, 1.82) is 0 Å². The van der Waals surface area contributed by atoms with Crippen molar-refractivity contribution in [3.8, 4) is 17.4 Å². The van der Waals surface area contributed by atoms with Gasteiger partial charge < -0.3 is 24.3 Å². The average Bonchev–Trinajstić information content (AvgIpc) is 3.44. The molecule has 1 fully saturated rings. The van der Waals surface area contributed by atoms with Gasteiger partial charge in [-0.15, -0.1) is 0 Å². The lowest BCUT2D eigenvalue weighted by Gasteiger charge is -2.34. The number of amides is 2. The van der Waals surface area contributed by atoms with Gasteiger partial charge in [-0.1, -0.05) is 30.4 Å². The van der Waals surface area contributed by atoms with E-state index in [-0.39, 0.29) is 17.4 Å². The smallest absolute Gasteiger partial charge is 0.416 e. The summed E-state index contributed by atoms with van der Waals surface area (Å²) in [7, 11) is 3.53. The third kappa shape index (κ3) is 7.76. The van der Waals surface area contributed by atoms with Crippen molar-refractivity contribution in [2.45, 2.75) is 6.18 Å². The summed E-state index contributed by atoms with van der Waals surface area (Å²) in [5.74, 6) is 1.03. The maximum Gasteiger partial charge on any atom is 0.416 e. The number of hydrogen-bond donors (Lipinski definition) is 1. The van der Waals surface area contributed by atoms with Gasteiger partial charge in [0.2, 0.25) is 5.88 Å². The van der Waals surface area contributed by atoms with E-state index < -0.39 is 17.6 Å². The summed E-state index contributed by atoms with van der Waals surface area (Å²) in [5, 5.41) is 3.45. The highest BCUT2D eigenvalue weighted by Crippen LogP contribution is 2.30. The fourth-order valence-electron chi connectivity index (χ4n) is 5.67. The van der Waals surface area contributed by atoms with Crippen LogP contribution in [0.4, 0.5) is 18.9 Å². The Hall–Kier alpha value is -5.62. The molecule has 0 bridgehead atoms. The predicted octanol–water partition coefficient (Wildman–Crippen LogP) is 7.12. The van der Waals surface area contributed by atoms with Crippen molar-refractivity contribution in [2.24, 2.45) is 7.05 Å². The van der Waals surface area contributed by atoms with Crippen LogP contribution in [0.25, 0.3) is 17.0 Å². The molecule has 1 aliphatic rings. The highest BCUT2D eigenvalue weighted by atomic mass is 19.4. The zero-order chi connectivity index (χ0) is 34.5. The molecule has 0 saturated carbocycles. The van der Waals surface area contributed by atoms with Crippen LogP contribution in [0, 0.1) is 0 Å². The second-order valence-electron chi connectivity index (χ2n) is 11.6. The number of rotatable bonds is 9. The Kier molecular flexibility index (Phi) is 9.68. The molecule has 1 N–H and O–H groups in total. The van der Waals surface area contributed by atoms with Crippen molar-refractivity contribution in [2.75, 3.05) is 45.2 Å². The highest BCUT2D eigenvalue weighted by molar-refractivity contribution is 6.04. The van der Waals surface area contributed by atoms with E-state index in [1.807, 2.05) is 59.0 Å². The lowest BCUT2D eigenvalue weighted by atomic mass is 10.1. The van der Waals surface area contributed by atoms with Crippen molar-refractivity contribution in [1.82, 2.24) is 19.4 Å². The van der Waals surface area contributed by atoms with Crippen LogP contribution in [-0.2, 0) is 13.2 Å². The number of halogens is 3. The van der Waals surface area contributed by atoms with Gasteiger partial charge in [0.15, 0.2) is 0 Å². The van der Waals surface area contributed by atoms with Crippen LogP contribution in [0.3, 0.4) is 0 Å². The lowest BCUT2D eigenvalue weighted by molar-refractivity contribution is -0.137. The Balaban J connectivity index is 1.04. The highest BCUT2D eigenvalue weighted by Gasteiger charge is 2.30. The van der Waals surface area contributed by atoms with E-state index in [1.54, 1.807) is 25.3 Å². The first-order valence-corrected chi connectivity index (χ1v) is 15.6. The Morgan fingerprint density at radius 1 is 0.939 bits per heavy atom. The standard InChI is InChI=1S/C37H34F3N5O4/c1-43-31-15-14-30(49-34-16-13-29(24-41-34)42-35(46)26-9-11-28(12-10-26)37(38,39)40)22-27(31)23-32(43)36(47)45-20-18-44(19-21-45)17-5-7-25-6-3-4-8-33(25)48-2/h3-16,22-24H,17-21H2,1-2H3,(H,42,46)/b7-5+. The quantitative estimate of drug-likeness (QED) is 0.180. The summed E-state index contributed by atoms with van der Waals surface area (Å²) in [6.45, 7) is 3.59. The maximum absolute atomic E-state index is 13.5. The first-order chi connectivity index (χ1) is 23.6. The minimum Gasteiger partial charge on any atom is -0.496 e. The molecule has 3 heterocycles. The number of carbonyl (C=O) groups is 2. The number of pyridine rings is 1. The summed E-state index contributed by atoms with van der Waals surface area (Å²) in [6.07, 6.45) is 1.09. The summed E-state index contributed by atoms with van der Waals surface area (Å²) in [6, 6.07) is 22.3. The molecule has 9 nitrogen and oxygen atoms in total. The molecule has 2 amide bonds. The van der Waals surface area contributed by atoms with E-state index in [4.69, 9.17) is 9.47 Å². The molecule has 3 aromatic carbocycles. The van der Waals surface area contributed by atoms with Crippen molar-refractivity contribution < 1.29 is 32.2 Å². The first kappa shape index (κ1) is 33.3. The number of nitrogens with one attached hydrogen (secondary N) is 1. The van der Waals surface area contributed by atoms with Gasteiger partial charge >= 0.3 is 6.18 Å². The van der Waals surface area contributed by atoms with Crippen LogP contribution in [0.15, 0.2) is 97.2 Å². The first-order valence-electron chi connectivity index (χ1n) is 15.6. The molecule has 252 valence electrons. The molecule has 0 unspecified atom stereocenters. The van der Waals surface area contributed by atoms with Crippen LogP contribution >= 0.6 is 0 Å². The van der Waals surface area contributed by atoms with Crippen LogP contribution in [0.1, 0.15) is 32.0 Å². The van der Waals surface area contributed by atoms with Gasteiger partial charge in [0.1, 0.15) is 17.2 Å².